The van der Waals surface area contributed by atoms with Gasteiger partial charge in [-0.2, -0.15) is 0 Å². The number of anilines is 1. The number of hydrogen-bond donors (Lipinski definition) is 2. The Bertz CT molecular complexity index is 1000. The quantitative estimate of drug-likeness (QED) is 0.703. The zero-order chi connectivity index (χ0) is 20.0. The Labute approximate surface area is 169 Å². The van der Waals surface area contributed by atoms with Crippen molar-refractivity contribution in [2.24, 2.45) is 0 Å². The molecule has 0 radical (unpaired) electrons. The van der Waals surface area contributed by atoms with Gasteiger partial charge in [0.1, 0.15) is 5.75 Å². The van der Waals surface area contributed by atoms with Crippen LogP contribution in [0.1, 0.15) is 31.4 Å². The molecule has 2 aliphatic heterocycles. The maximum atomic E-state index is 10.5. The van der Waals surface area contributed by atoms with Crippen LogP contribution in [0.2, 0.25) is 0 Å². The Morgan fingerprint density at radius 3 is 2.48 bits per heavy atom. The Kier molecular flexibility index (Phi) is 4.47. The van der Waals surface area contributed by atoms with Crippen LogP contribution in [-0.4, -0.2) is 45.6 Å². The van der Waals surface area contributed by atoms with Crippen LogP contribution in [0.15, 0.2) is 40.9 Å². The maximum absolute atomic E-state index is 10.5. The van der Waals surface area contributed by atoms with E-state index in [4.69, 9.17) is 4.52 Å². The van der Waals surface area contributed by atoms with E-state index < -0.39 is 0 Å². The van der Waals surface area contributed by atoms with Crippen molar-refractivity contribution in [3.63, 3.8) is 0 Å². The molecular formula is C22H25N5O2. The summed E-state index contributed by atoms with van der Waals surface area (Å²) in [6, 6.07) is 12.9. The molecule has 3 aromatic rings. The molecule has 0 amide bonds. The van der Waals surface area contributed by atoms with Gasteiger partial charge >= 0.3 is 0 Å². The van der Waals surface area contributed by atoms with Gasteiger partial charge in [0.15, 0.2) is 11.6 Å². The minimum Gasteiger partial charge on any atom is -0.507 e. The topological polar surface area (TPSA) is 87.3 Å². The van der Waals surface area contributed by atoms with E-state index in [2.05, 4.69) is 32.6 Å². The van der Waals surface area contributed by atoms with Gasteiger partial charge in [-0.25, -0.2) is 0 Å². The van der Waals surface area contributed by atoms with Gasteiger partial charge in [-0.05, 0) is 56.9 Å². The predicted octanol–water partition coefficient (Wildman–Crippen LogP) is 3.53. The lowest BCUT2D eigenvalue weighted by atomic mass is 9.98. The lowest BCUT2D eigenvalue weighted by Gasteiger charge is -2.36. The summed E-state index contributed by atoms with van der Waals surface area (Å²) in [5.41, 5.74) is 2.87. The molecule has 2 fully saturated rings. The summed E-state index contributed by atoms with van der Waals surface area (Å²) in [7, 11) is 2.10. The van der Waals surface area contributed by atoms with Crippen LogP contribution in [0.5, 0.6) is 5.75 Å². The highest BCUT2D eigenvalue weighted by atomic mass is 16.5. The van der Waals surface area contributed by atoms with Gasteiger partial charge in [0.05, 0.1) is 11.4 Å². The van der Waals surface area contributed by atoms with E-state index in [1.807, 2.05) is 37.3 Å². The summed E-state index contributed by atoms with van der Waals surface area (Å²) in [4.78, 5) is 2.25. The monoisotopic (exact) mass is 391 g/mol. The first kappa shape index (κ1) is 18.1. The van der Waals surface area contributed by atoms with E-state index in [-0.39, 0.29) is 5.75 Å². The number of fused-ring (bicyclic) bond motifs is 2. The van der Waals surface area contributed by atoms with Crippen molar-refractivity contribution < 1.29 is 9.63 Å². The highest BCUT2D eigenvalue weighted by molar-refractivity contribution is 5.72. The van der Waals surface area contributed by atoms with E-state index in [1.165, 1.54) is 12.8 Å². The van der Waals surface area contributed by atoms with Crippen molar-refractivity contribution in [2.45, 2.75) is 50.7 Å². The van der Waals surface area contributed by atoms with Gasteiger partial charge < -0.3 is 19.8 Å². The van der Waals surface area contributed by atoms with Gasteiger partial charge in [-0.3, -0.25) is 0 Å². The molecule has 1 aromatic carbocycles. The van der Waals surface area contributed by atoms with E-state index >= 15 is 0 Å². The standard InChI is InChI=1S/C22H25N5O2/c1-13-9-21(29-26-13)14-3-6-18(20(28)10-14)19-7-8-22(25-24-19)27(2)17-11-15-4-5-16(12-17)23-15/h3,6-10,15-17,23,28H,4-5,11-12H2,1-2H3/t15-,16+,17+. The molecule has 0 aliphatic carbocycles. The van der Waals surface area contributed by atoms with Crippen molar-refractivity contribution in [1.29, 1.82) is 0 Å². The van der Waals surface area contributed by atoms with Crippen LogP contribution < -0.4 is 10.2 Å². The molecule has 2 aliphatic rings. The molecule has 0 saturated carbocycles. The molecule has 4 heterocycles. The highest BCUT2D eigenvalue weighted by Gasteiger charge is 2.35. The zero-order valence-corrected chi connectivity index (χ0v) is 16.7. The van der Waals surface area contributed by atoms with Crippen molar-refractivity contribution in [3.05, 3.63) is 42.1 Å². The summed E-state index contributed by atoms with van der Waals surface area (Å²) < 4.78 is 5.27. The van der Waals surface area contributed by atoms with E-state index in [0.29, 0.717) is 35.1 Å². The van der Waals surface area contributed by atoms with E-state index in [1.54, 1.807) is 6.07 Å². The Morgan fingerprint density at radius 1 is 1.07 bits per heavy atom. The van der Waals surface area contributed by atoms with Gasteiger partial charge in [-0.1, -0.05) is 11.2 Å². The lowest BCUT2D eigenvalue weighted by molar-refractivity contribution is 0.353. The van der Waals surface area contributed by atoms with Crippen molar-refractivity contribution >= 4 is 5.82 Å². The van der Waals surface area contributed by atoms with Gasteiger partial charge in [0.2, 0.25) is 0 Å². The third-order valence-electron chi connectivity index (χ3n) is 6.19. The number of nitrogens with one attached hydrogen (secondary N) is 1. The normalized spacial score (nSPS) is 23.3. The maximum Gasteiger partial charge on any atom is 0.167 e. The Morgan fingerprint density at radius 2 is 1.86 bits per heavy atom. The van der Waals surface area contributed by atoms with E-state index in [0.717, 1.165) is 29.9 Å². The fourth-order valence-electron chi connectivity index (χ4n) is 4.59. The first-order valence-corrected chi connectivity index (χ1v) is 10.2. The molecule has 2 aromatic heterocycles. The van der Waals surface area contributed by atoms with Crippen LogP contribution in [0.25, 0.3) is 22.6 Å². The first-order valence-electron chi connectivity index (χ1n) is 10.2. The van der Waals surface area contributed by atoms with Crippen molar-refractivity contribution in [2.75, 3.05) is 11.9 Å². The van der Waals surface area contributed by atoms with Gasteiger partial charge in [-0.15, -0.1) is 10.2 Å². The molecule has 0 unspecified atom stereocenters. The summed E-state index contributed by atoms with van der Waals surface area (Å²) in [6.45, 7) is 1.87. The number of piperidine rings is 1. The van der Waals surface area contributed by atoms with Crippen molar-refractivity contribution in [1.82, 2.24) is 20.7 Å². The minimum atomic E-state index is 0.141. The number of aromatic hydroxyl groups is 1. The number of benzene rings is 1. The average Bonchev–Trinajstić information content (AvgIpc) is 3.32. The van der Waals surface area contributed by atoms with Crippen LogP contribution in [0, 0.1) is 6.92 Å². The Balaban J connectivity index is 1.34. The van der Waals surface area contributed by atoms with E-state index in [9.17, 15) is 5.11 Å². The zero-order valence-electron chi connectivity index (χ0n) is 16.7. The van der Waals surface area contributed by atoms with Gasteiger partial charge in [0.25, 0.3) is 0 Å². The minimum absolute atomic E-state index is 0.141. The summed E-state index contributed by atoms with van der Waals surface area (Å²) >= 11 is 0. The molecule has 7 heteroatoms. The fourth-order valence-corrected chi connectivity index (χ4v) is 4.59. The molecule has 5 rings (SSSR count). The highest BCUT2D eigenvalue weighted by Crippen LogP contribution is 2.34. The summed E-state index contributed by atoms with van der Waals surface area (Å²) in [5.74, 6) is 1.64. The predicted molar refractivity (Wildman–Crippen MR) is 111 cm³/mol. The SMILES string of the molecule is Cc1cc(-c2ccc(-c3ccc(N(C)[C@H]4C[C@H]5CC[C@@H](C4)N5)nn3)c(O)c2)on1. The van der Waals surface area contributed by atoms with Crippen LogP contribution in [-0.2, 0) is 0 Å². The molecule has 0 spiro atoms. The number of hydrogen-bond acceptors (Lipinski definition) is 7. The lowest BCUT2D eigenvalue weighted by Crippen LogP contribution is -2.47. The average molecular weight is 391 g/mol. The van der Waals surface area contributed by atoms with Crippen LogP contribution in [0.4, 0.5) is 5.82 Å². The summed E-state index contributed by atoms with van der Waals surface area (Å²) in [6.07, 6.45) is 4.87. The molecule has 29 heavy (non-hydrogen) atoms. The second kappa shape index (κ2) is 7.15. The number of phenols is 1. The number of aromatic nitrogens is 3. The van der Waals surface area contributed by atoms with Crippen LogP contribution >= 0.6 is 0 Å². The first-order chi connectivity index (χ1) is 14.1. The largest absolute Gasteiger partial charge is 0.507 e. The third-order valence-corrected chi connectivity index (χ3v) is 6.19. The van der Waals surface area contributed by atoms with Gasteiger partial charge in [0, 0.05) is 42.4 Å². The summed E-state index contributed by atoms with van der Waals surface area (Å²) in [5, 5.41) is 26.9. The fraction of sp³-hybridized carbons (Fsp3) is 0.409. The third kappa shape index (κ3) is 3.46. The molecule has 150 valence electrons. The Hall–Kier alpha value is -2.93. The second-order valence-corrected chi connectivity index (χ2v) is 8.22. The molecule has 3 atom stereocenters. The number of aryl methyl sites for hydroxylation is 1. The molecule has 2 saturated heterocycles. The molecule has 2 bridgehead atoms. The second-order valence-electron chi connectivity index (χ2n) is 8.22. The molecular weight excluding hydrogens is 366 g/mol. The molecule has 7 nitrogen and oxygen atoms in total. The van der Waals surface area contributed by atoms with Crippen molar-refractivity contribution in [3.8, 4) is 28.3 Å². The number of rotatable bonds is 4. The smallest absolute Gasteiger partial charge is 0.167 e. The molecule has 2 N–H and O–H groups in total. The number of nitrogens with zero attached hydrogens (tertiary/aromatic N) is 4. The van der Waals surface area contributed by atoms with Crippen LogP contribution in [0.3, 0.4) is 0 Å². The number of phenolic OH excluding ortho intramolecular Hbond substituents is 1.